The molecule has 1 fully saturated rings. The number of hydrogen-bond donors (Lipinski definition) is 0. The van der Waals surface area contributed by atoms with Gasteiger partial charge in [-0.2, -0.15) is 0 Å². The van der Waals surface area contributed by atoms with Crippen LogP contribution in [0.4, 0.5) is 0 Å². The Morgan fingerprint density at radius 1 is 1.39 bits per heavy atom. The summed E-state index contributed by atoms with van der Waals surface area (Å²) in [6.07, 6.45) is 5.21. The molecule has 1 atom stereocenters. The van der Waals surface area contributed by atoms with E-state index >= 15 is 0 Å². The van der Waals surface area contributed by atoms with Gasteiger partial charge in [-0.3, -0.25) is 0 Å². The van der Waals surface area contributed by atoms with Gasteiger partial charge in [0.15, 0.2) is 6.29 Å². The molecule has 0 aromatic carbocycles. The minimum absolute atomic E-state index is 0.0160. The topological polar surface area (TPSA) is 57.4 Å². The van der Waals surface area contributed by atoms with Crippen molar-refractivity contribution in [1.29, 1.82) is 0 Å². The number of ether oxygens (including phenoxy) is 2. The van der Waals surface area contributed by atoms with Crippen LogP contribution in [0.15, 0.2) is 9.64 Å². The van der Waals surface area contributed by atoms with Crippen molar-refractivity contribution in [1.82, 2.24) is 10.2 Å². The van der Waals surface area contributed by atoms with Crippen molar-refractivity contribution < 1.29 is 13.9 Å². The summed E-state index contributed by atoms with van der Waals surface area (Å²) in [7, 11) is 0. The fourth-order valence-corrected chi connectivity index (χ4v) is 2.37. The molecule has 1 aliphatic heterocycles. The minimum Gasteiger partial charge on any atom is -0.416 e. The van der Waals surface area contributed by atoms with Crippen LogP contribution in [0.2, 0.25) is 0 Å². The van der Waals surface area contributed by atoms with E-state index < -0.39 is 0 Å². The molecule has 0 radical (unpaired) electrons. The molecule has 0 amide bonds. The van der Waals surface area contributed by atoms with Crippen LogP contribution in [0.1, 0.15) is 38.5 Å². The Kier molecular flexibility index (Phi) is 5.96. The third-order valence-corrected chi connectivity index (χ3v) is 3.45. The molecule has 6 heteroatoms. The van der Waals surface area contributed by atoms with Crippen molar-refractivity contribution in [3.05, 3.63) is 5.89 Å². The largest absolute Gasteiger partial charge is 0.416 e. The van der Waals surface area contributed by atoms with E-state index in [2.05, 4.69) is 17.1 Å². The molecule has 2 heterocycles. The maximum atomic E-state index is 5.63. The fourth-order valence-electron chi connectivity index (χ4n) is 1.76. The molecule has 0 bridgehead atoms. The molecular weight excluding hydrogens is 252 g/mol. The zero-order valence-electron chi connectivity index (χ0n) is 10.8. The molecule has 1 aromatic rings. The first-order chi connectivity index (χ1) is 8.88. The second kappa shape index (κ2) is 7.76. The minimum atomic E-state index is -0.0160. The summed E-state index contributed by atoms with van der Waals surface area (Å²) in [6.45, 7) is 3.57. The molecule has 5 nitrogen and oxygen atoms in total. The third kappa shape index (κ3) is 4.59. The van der Waals surface area contributed by atoms with Crippen LogP contribution in [0, 0.1) is 0 Å². The quantitative estimate of drug-likeness (QED) is 0.562. The zero-order chi connectivity index (χ0) is 12.6. The lowest BCUT2D eigenvalue weighted by molar-refractivity contribution is -0.158. The first-order valence-electron chi connectivity index (χ1n) is 6.57. The first kappa shape index (κ1) is 13.8. The average molecular weight is 272 g/mol. The fraction of sp³-hybridized carbons (Fsp3) is 0.833. The number of hydrogen-bond acceptors (Lipinski definition) is 6. The normalized spacial score (nSPS) is 20.2. The number of aryl methyl sites for hydroxylation is 1. The van der Waals surface area contributed by atoms with Gasteiger partial charge >= 0.3 is 0 Å². The predicted octanol–water partition coefficient (Wildman–Crippen LogP) is 2.66. The summed E-state index contributed by atoms with van der Waals surface area (Å²) in [4.78, 5) is 0. The standard InChI is InChI=1S/C12H20N2O3S/c1-2-5-10-13-14-12(17-10)18-9-8-16-11-6-3-4-7-15-11/h11H,2-9H2,1H3/t11-/m0/s1. The molecule has 1 aromatic heterocycles. The highest BCUT2D eigenvalue weighted by Crippen LogP contribution is 2.18. The summed E-state index contributed by atoms with van der Waals surface area (Å²) >= 11 is 1.53. The van der Waals surface area contributed by atoms with E-state index in [0.29, 0.717) is 11.8 Å². The lowest BCUT2D eigenvalue weighted by Crippen LogP contribution is -2.23. The van der Waals surface area contributed by atoms with Crippen molar-refractivity contribution in [2.45, 2.75) is 50.5 Å². The lowest BCUT2D eigenvalue weighted by atomic mass is 10.2. The van der Waals surface area contributed by atoms with Crippen LogP contribution in [0.5, 0.6) is 0 Å². The first-order valence-corrected chi connectivity index (χ1v) is 7.55. The Labute approximate surface area is 112 Å². The Morgan fingerprint density at radius 2 is 2.33 bits per heavy atom. The molecule has 0 aliphatic carbocycles. The molecule has 1 saturated heterocycles. The SMILES string of the molecule is CCCc1nnc(SCCO[C@H]2CCCCO2)o1. The van der Waals surface area contributed by atoms with E-state index in [1.54, 1.807) is 0 Å². The highest BCUT2D eigenvalue weighted by atomic mass is 32.2. The van der Waals surface area contributed by atoms with Gasteiger partial charge in [0.25, 0.3) is 5.22 Å². The van der Waals surface area contributed by atoms with Gasteiger partial charge in [-0.1, -0.05) is 18.7 Å². The molecule has 2 rings (SSSR count). The van der Waals surface area contributed by atoms with Crippen molar-refractivity contribution >= 4 is 11.8 Å². The lowest BCUT2D eigenvalue weighted by Gasteiger charge is -2.22. The van der Waals surface area contributed by atoms with E-state index in [4.69, 9.17) is 13.9 Å². The molecule has 0 spiro atoms. The number of nitrogens with zero attached hydrogens (tertiary/aromatic N) is 2. The number of thioether (sulfide) groups is 1. The Balaban J connectivity index is 1.59. The smallest absolute Gasteiger partial charge is 0.276 e. The molecule has 18 heavy (non-hydrogen) atoms. The van der Waals surface area contributed by atoms with E-state index in [1.165, 1.54) is 18.2 Å². The van der Waals surface area contributed by atoms with Crippen molar-refractivity contribution in [3.63, 3.8) is 0 Å². The van der Waals surface area contributed by atoms with Gasteiger partial charge in [0.05, 0.1) is 6.61 Å². The van der Waals surface area contributed by atoms with Gasteiger partial charge in [0, 0.05) is 18.8 Å². The van der Waals surface area contributed by atoms with Gasteiger partial charge < -0.3 is 13.9 Å². The third-order valence-electron chi connectivity index (χ3n) is 2.66. The summed E-state index contributed by atoms with van der Waals surface area (Å²) in [5, 5.41) is 8.58. The zero-order valence-corrected chi connectivity index (χ0v) is 11.6. The van der Waals surface area contributed by atoms with Crippen LogP contribution in [0.25, 0.3) is 0 Å². The van der Waals surface area contributed by atoms with E-state index in [9.17, 15) is 0 Å². The van der Waals surface area contributed by atoms with Crippen LogP contribution < -0.4 is 0 Å². The highest BCUT2D eigenvalue weighted by molar-refractivity contribution is 7.99. The maximum absolute atomic E-state index is 5.63. The summed E-state index contributed by atoms with van der Waals surface area (Å²) < 4.78 is 16.6. The number of aromatic nitrogens is 2. The summed E-state index contributed by atoms with van der Waals surface area (Å²) in [6, 6.07) is 0. The number of rotatable bonds is 7. The van der Waals surface area contributed by atoms with Crippen LogP contribution >= 0.6 is 11.8 Å². The molecule has 0 N–H and O–H groups in total. The van der Waals surface area contributed by atoms with Gasteiger partial charge in [-0.05, 0) is 25.7 Å². The van der Waals surface area contributed by atoms with Crippen molar-refractivity contribution in [2.75, 3.05) is 19.0 Å². The summed E-state index contributed by atoms with van der Waals surface area (Å²) in [5.41, 5.74) is 0. The average Bonchev–Trinajstić information content (AvgIpc) is 2.84. The summed E-state index contributed by atoms with van der Waals surface area (Å²) in [5.74, 6) is 1.53. The Hall–Kier alpha value is -0.590. The second-order valence-electron chi connectivity index (χ2n) is 4.23. The molecule has 1 aliphatic rings. The van der Waals surface area contributed by atoms with Crippen molar-refractivity contribution in [2.24, 2.45) is 0 Å². The second-order valence-corrected chi connectivity index (χ2v) is 5.27. The molecule has 102 valence electrons. The van der Waals surface area contributed by atoms with E-state index in [0.717, 1.165) is 43.9 Å². The highest BCUT2D eigenvalue weighted by Gasteiger charge is 2.14. The predicted molar refractivity (Wildman–Crippen MR) is 68.6 cm³/mol. The van der Waals surface area contributed by atoms with Gasteiger partial charge in [0.2, 0.25) is 5.89 Å². The van der Waals surface area contributed by atoms with Crippen LogP contribution in [0.3, 0.4) is 0 Å². The monoisotopic (exact) mass is 272 g/mol. The van der Waals surface area contributed by atoms with E-state index in [1.807, 2.05) is 0 Å². The van der Waals surface area contributed by atoms with E-state index in [-0.39, 0.29) is 6.29 Å². The van der Waals surface area contributed by atoms with Gasteiger partial charge in [0.1, 0.15) is 0 Å². The molecular formula is C12H20N2O3S. The van der Waals surface area contributed by atoms with Crippen molar-refractivity contribution in [3.8, 4) is 0 Å². The Morgan fingerprint density at radius 3 is 3.11 bits per heavy atom. The Bertz CT molecular complexity index is 340. The maximum Gasteiger partial charge on any atom is 0.276 e. The molecule has 0 unspecified atom stereocenters. The van der Waals surface area contributed by atoms with Crippen LogP contribution in [-0.2, 0) is 15.9 Å². The van der Waals surface area contributed by atoms with Gasteiger partial charge in [-0.25, -0.2) is 0 Å². The van der Waals surface area contributed by atoms with Gasteiger partial charge in [-0.15, -0.1) is 10.2 Å². The molecule has 0 saturated carbocycles. The van der Waals surface area contributed by atoms with Crippen LogP contribution in [-0.4, -0.2) is 35.5 Å².